The number of nitrogens with one attached hydrogen (secondary N) is 2. The monoisotopic (exact) mass is 438 g/mol. The molecule has 0 aliphatic rings. The first kappa shape index (κ1) is 20.6. The number of para-hydroxylation sites is 1. The first-order valence-corrected chi connectivity index (χ1v) is 10.6. The second-order valence-electron chi connectivity index (χ2n) is 8.11. The highest BCUT2D eigenvalue weighted by Crippen LogP contribution is 2.32. The van der Waals surface area contributed by atoms with Gasteiger partial charge in [-0.05, 0) is 49.7 Å². The number of rotatable bonds is 5. The van der Waals surface area contributed by atoms with E-state index < -0.39 is 5.91 Å². The summed E-state index contributed by atoms with van der Waals surface area (Å²) in [5.41, 5.74) is 5.21. The maximum atomic E-state index is 13.0. The molecule has 33 heavy (non-hydrogen) atoms. The van der Waals surface area contributed by atoms with E-state index in [9.17, 15) is 9.59 Å². The maximum Gasteiger partial charge on any atom is 0.293 e. The molecule has 0 atom stereocenters. The number of amides is 2. The largest absolute Gasteiger partial charge is 0.464 e. The van der Waals surface area contributed by atoms with E-state index in [-0.39, 0.29) is 18.1 Å². The number of furan rings is 2. The Hall–Kier alpha value is -4.32. The highest BCUT2D eigenvalue weighted by Gasteiger charge is 2.23. The minimum Gasteiger partial charge on any atom is -0.464 e. The van der Waals surface area contributed by atoms with E-state index in [4.69, 9.17) is 8.83 Å². The van der Waals surface area contributed by atoms with Gasteiger partial charge in [0.2, 0.25) is 11.7 Å². The van der Waals surface area contributed by atoms with Gasteiger partial charge in [0.05, 0.1) is 12.7 Å². The predicted octanol–water partition coefficient (Wildman–Crippen LogP) is 6.23. The lowest BCUT2D eigenvalue weighted by molar-refractivity contribution is -0.115. The molecular formula is C27H22N2O4. The van der Waals surface area contributed by atoms with Gasteiger partial charge >= 0.3 is 0 Å². The quantitative estimate of drug-likeness (QED) is 0.341. The maximum absolute atomic E-state index is 13.0. The molecule has 164 valence electrons. The van der Waals surface area contributed by atoms with Crippen LogP contribution in [0.1, 0.15) is 27.2 Å². The lowest BCUT2D eigenvalue weighted by Crippen LogP contribution is -2.18. The van der Waals surface area contributed by atoms with Crippen LogP contribution in [0.2, 0.25) is 0 Å². The molecule has 2 heterocycles. The molecule has 5 aromatic rings. The third-order valence-corrected chi connectivity index (χ3v) is 5.54. The summed E-state index contributed by atoms with van der Waals surface area (Å²) in [6.45, 7) is 3.96. The summed E-state index contributed by atoms with van der Waals surface area (Å²) >= 11 is 0. The summed E-state index contributed by atoms with van der Waals surface area (Å²) in [7, 11) is 0. The van der Waals surface area contributed by atoms with Gasteiger partial charge in [-0.3, -0.25) is 9.59 Å². The molecule has 0 saturated carbocycles. The van der Waals surface area contributed by atoms with E-state index in [1.165, 1.54) is 0 Å². The van der Waals surface area contributed by atoms with Crippen LogP contribution in [0.5, 0.6) is 0 Å². The number of hydrogen-bond donors (Lipinski definition) is 2. The average molecular weight is 438 g/mol. The van der Waals surface area contributed by atoms with Gasteiger partial charge < -0.3 is 19.5 Å². The Labute approximate surface area is 190 Å². The van der Waals surface area contributed by atoms with Crippen LogP contribution in [0, 0.1) is 13.8 Å². The van der Waals surface area contributed by atoms with Crippen molar-refractivity contribution in [2.24, 2.45) is 0 Å². The fourth-order valence-electron chi connectivity index (χ4n) is 3.84. The van der Waals surface area contributed by atoms with Crippen LogP contribution in [0.25, 0.3) is 21.9 Å². The molecule has 0 fully saturated rings. The van der Waals surface area contributed by atoms with E-state index in [1.807, 2.05) is 74.5 Å². The van der Waals surface area contributed by atoms with Gasteiger partial charge in [0, 0.05) is 22.0 Å². The third kappa shape index (κ3) is 4.11. The summed E-state index contributed by atoms with van der Waals surface area (Å²) < 4.78 is 11.4. The first-order valence-electron chi connectivity index (χ1n) is 10.6. The molecule has 0 radical (unpaired) electrons. The third-order valence-electron chi connectivity index (χ3n) is 5.54. The molecule has 2 N–H and O–H groups in total. The Kier molecular flexibility index (Phi) is 5.18. The highest BCUT2D eigenvalue weighted by molar-refractivity contribution is 6.14. The van der Waals surface area contributed by atoms with Crippen molar-refractivity contribution in [1.29, 1.82) is 0 Å². The average Bonchev–Trinajstić information content (AvgIpc) is 3.36. The topological polar surface area (TPSA) is 84.5 Å². The summed E-state index contributed by atoms with van der Waals surface area (Å²) in [5, 5.41) is 7.28. The van der Waals surface area contributed by atoms with Crippen molar-refractivity contribution >= 4 is 45.1 Å². The van der Waals surface area contributed by atoms with E-state index in [0.29, 0.717) is 22.3 Å². The van der Waals surface area contributed by atoms with Crippen molar-refractivity contribution in [1.82, 2.24) is 0 Å². The zero-order chi connectivity index (χ0) is 22.9. The van der Waals surface area contributed by atoms with E-state index >= 15 is 0 Å². The van der Waals surface area contributed by atoms with Crippen molar-refractivity contribution in [2.75, 3.05) is 10.6 Å². The lowest BCUT2D eigenvalue weighted by atomic mass is 10.1. The smallest absolute Gasteiger partial charge is 0.293 e. The van der Waals surface area contributed by atoms with Crippen LogP contribution in [0.4, 0.5) is 11.4 Å². The zero-order valence-corrected chi connectivity index (χ0v) is 18.3. The molecule has 6 nitrogen and oxygen atoms in total. The Morgan fingerprint density at radius 2 is 1.58 bits per heavy atom. The van der Waals surface area contributed by atoms with Gasteiger partial charge in [0.15, 0.2) is 0 Å². The molecule has 5 rings (SSSR count). The summed E-state index contributed by atoms with van der Waals surface area (Å²) in [6.07, 6.45) is 1.71. The first-order chi connectivity index (χ1) is 16.0. The van der Waals surface area contributed by atoms with Crippen molar-refractivity contribution in [3.63, 3.8) is 0 Å². The number of benzene rings is 3. The molecule has 0 aliphatic carbocycles. The number of hydrogen-bond acceptors (Lipinski definition) is 4. The Morgan fingerprint density at radius 3 is 2.39 bits per heavy atom. The highest BCUT2D eigenvalue weighted by atomic mass is 16.3. The molecule has 0 unspecified atom stereocenters. The molecular weight excluding hydrogens is 416 g/mol. The summed E-state index contributed by atoms with van der Waals surface area (Å²) in [5.74, 6) is -0.651. The van der Waals surface area contributed by atoms with Crippen LogP contribution in [-0.4, -0.2) is 11.8 Å². The van der Waals surface area contributed by atoms with Crippen molar-refractivity contribution in [2.45, 2.75) is 20.3 Å². The normalized spacial score (nSPS) is 11.1. The van der Waals surface area contributed by atoms with Crippen LogP contribution >= 0.6 is 0 Å². The minimum atomic E-state index is -0.436. The van der Waals surface area contributed by atoms with Crippen LogP contribution in [0.3, 0.4) is 0 Å². The Bertz CT molecular complexity index is 1490. The summed E-state index contributed by atoms with van der Waals surface area (Å²) in [4.78, 5) is 26.0. The molecule has 0 bridgehead atoms. The van der Waals surface area contributed by atoms with Gasteiger partial charge in [-0.25, -0.2) is 0 Å². The fourth-order valence-corrected chi connectivity index (χ4v) is 3.84. The second-order valence-corrected chi connectivity index (χ2v) is 8.11. The number of fused-ring (bicyclic) bond motifs is 2. The molecule has 6 heteroatoms. The number of carbonyl (C=O) groups is 2. The molecule has 2 aromatic heterocycles. The fraction of sp³-hybridized carbons (Fsp3) is 0.111. The van der Waals surface area contributed by atoms with Gasteiger partial charge in [-0.15, -0.1) is 0 Å². The molecule has 0 aliphatic heterocycles. The van der Waals surface area contributed by atoms with Crippen LogP contribution < -0.4 is 10.6 Å². The van der Waals surface area contributed by atoms with Gasteiger partial charge in [-0.2, -0.15) is 0 Å². The Balaban J connectivity index is 1.43. The standard InChI is InChI=1S/C27H22N2O4/c1-16-7-10-19(11-8-16)28-27(31)26-25(21-5-3-4-6-22(21)33-26)29-24(30)14-18-15-32-23-13-17(2)9-12-20(18)23/h3-13,15H,14H2,1-2H3,(H,28,31)(H,29,30). The molecule has 2 amide bonds. The zero-order valence-electron chi connectivity index (χ0n) is 18.3. The Morgan fingerprint density at radius 1 is 0.818 bits per heavy atom. The van der Waals surface area contributed by atoms with Gasteiger partial charge in [0.1, 0.15) is 16.9 Å². The van der Waals surface area contributed by atoms with Crippen LogP contribution in [0.15, 0.2) is 81.8 Å². The van der Waals surface area contributed by atoms with E-state index in [1.54, 1.807) is 12.3 Å². The van der Waals surface area contributed by atoms with Gasteiger partial charge in [-0.1, -0.05) is 42.0 Å². The molecule has 3 aromatic carbocycles. The minimum absolute atomic E-state index is 0.0535. The molecule has 0 saturated heterocycles. The van der Waals surface area contributed by atoms with Crippen molar-refractivity contribution in [3.8, 4) is 0 Å². The van der Waals surface area contributed by atoms with E-state index in [2.05, 4.69) is 10.6 Å². The van der Waals surface area contributed by atoms with E-state index in [0.717, 1.165) is 27.7 Å². The second kappa shape index (κ2) is 8.31. The number of anilines is 2. The van der Waals surface area contributed by atoms with Crippen molar-refractivity contribution in [3.05, 3.63) is 95.4 Å². The lowest BCUT2D eigenvalue weighted by Gasteiger charge is -2.07. The van der Waals surface area contributed by atoms with Crippen LogP contribution in [-0.2, 0) is 11.2 Å². The molecule has 0 spiro atoms. The summed E-state index contributed by atoms with van der Waals surface area (Å²) in [6, 6.07) is 20.6. The van der Waals surface area contributed by atoms with Gasteiger partial charge in [0.25, 0.3) is 5.91 Å². The van der Waals surface area contributed by atoms with Crippen molar-refractivity contribution < 1.29 is 18.4 Å². The SMILES string of the molecule is Cc1ccc(NC(=O)c2oc3ccccc3c2NC(=O)Cc2coc3cc(C)ccc23)cc1. The number of carbonyl (C=O) groups excluding carboxylic acids is 2. The predicted molar refractivity (Wildman–Crippen MR) is 129 cm³/mol. The number of aryl methyl sites for hydroxylation is 2.